The Balaban J connectivity index is 1.18. The maximum atomic E-state index is 14.1. The summed E-state index contributed by atoms with van der Waals surface area (Å²) in [4.78, 5) is 49.6. The highest BCUT2D eigenvalue weighted by Crippen LogP contribution is 2.42. The Morgan fingerprint density at radius 1 is 1.04 bits per heavy atom. The van der Waals surface area contributed by atoms with Gasteiger partial charge in [0.25, 0.3) is 11.8 Å². The van der Waals surface area contributed by atoms with E-state index < -0.39 is 21.7 Å². The van der Waals surface area contributed by atoms with Gasteiger partial charge < -0.3 is 23.9 Å². The van der Waals surface area contributed by atoms with Crippen molar-refractivity contribution in [1.29, 1.82) is 0 Å². The second-order valence-corrected chi connectivity index (χ2v) is 16.7. The Labute approximate surface area is 299 Å². The van der Waals surface area contributed by atoms with Gasteiger partial charge in [0.05, 0.1) is 36.0 Å². The van der Waals surface area contributed by atoms with E-state index >= 15 is 0 Å². The van der Waals surface area contributed by atoms with Crippen LogP contribution in [0.25, 0.3) is 11.0 Å². The Morgan fingerprint density at radius 2 is 1.82 bits per heavy atom. The molecule has 3 atom stereocenters. The van der Waals surface area contributed by atoms with E-state index in [9.17, 15) is 22.8 Å². The molecule has 2 saturated heterocycles. The van der Waals surface area contributed by atoms with Gasteiger partial charge in [-0.2, -0.15) is 12.7 Å². The van der Waals surface area contributed by atoms with E-state index in [0.717, 1.165) is 77.5 Å². The van der Waals surface area contributed by atoms with Crippen LogP contribution in [0.2, 0.25) is 0 Å². The molecule has 14 heteroatoms. The molecule has 274 valence electrons. The zero-order valence-electron chi connectivity index (χ0n) is 30.3. The van der Waals surface area contributed by atoms with Gasteiger partial charge in [-0.1, -0.05) is 0 Å². The number of piperidine rings is 1. The Hall–Kier alpha value is -3.98. The first-order chi connectivity index (χ1) is 24.3. The van der Waals surface area contributed by atoms with Crippen molar-refractivity contribution in [3.63, 3.8) is 0 Å². The quantitative estimate of drug-likeness (QED) is 0.346. The van der Waals surface area contributed by atoms with Crippen LogP contribution in [-0.2, 0) is 27.9 Å². The summed E-state index contributed by atoms with van der Waals surface area (Å²) in [5.74, 6) is -0.503. The van der Waals surface area contributed by atoms with Crippen molar-refractivity contribution >= 4 is 44.4 Å². The summed E-state index contributed by atoms with van der Waals surface area (Å²) in [5, 5.41) is 0.940. The van der Waals surface area contributed by atoms with Gasteiger partial charge in [-0.3, -0.25) is 14.5 Å². The van der Waals surface area contributed by atoms with Gasteiger partial charge in [0.15, 0.2) is 0 Å². The normalized spacial score (nSPS) is 22.3. The van der Waals surface area contributed by atoms with E-state index in [1.54, 1.807) is 24.1 Å². The van der Waals surface area contributed by atoms with Gasteiger partial charge in [-0.15, -0.1) is 0 Å². The number of likely N-dealkylation sites (N-methyl/N-ethyl adjacent to an activating group) is 1. The monoisotopic (exact) mass is 720 g/mol. The van der Waals surface area contributed by atoms with E-state index in [-0.39, 0.29) is 30.1 Å². The maximum absolute atomic E-state index is 14.1. The lowest BCUT2D eigenvalue weighted by Gasteiger charge is -2.41. The molecule has 3 aromatic rings. The van der Waals surface area contributed by atoms with Gasteiger partial charge in [0.1, 0.15) is 5.58 Å². The molecule has 0 spiro atoms. The number of rotatable bonds is 8. The van der Waals surface area contributed by atoms with E-state index in [1.807, 2.05) is 6.92 Å². The zero-order valence-corrected chi connectivity index (χ0v) is 31.1. The molecule has 2 bridgehead atoms. The van der Waals surface area contributed by atoms with Crippen molar-refractivity contribution in [3.8, 4) is 0 Å². The summed E-state index contributed by atoms with van der Waals surface area (Å²) < 4.78 is 39.7. The molecule has 0 radical (unpaired) electrons. The number of ether oxygens (including phenoxy) is 1. The number of anilines is 2. The highest BCUT2D eigenvalue weighted by Gasteiger charge is 2.40. The lowest BCUT2D eigenvalue weighted by molar-refractivity contribution is 0.0732. The molecular formula is C37H48N6O7S. The standard InChI is InChI=1S/C37H48N6O7S/c1-22-15-31(41-14-13-40(5)27(19-41)21-49-6)23(2)34-33(22)28-11-12-42(20-30(28)37(46)50-34)36(45)25-8-10-29(35(44)38-51(47,48)39(3)4)32(17-25)43-18-24-7-9-26(43)16-24/h8,10,15,17,24,26-27H,7,9,11-14,16,18-21H2,1-6H3,(H,38,44)/t24?,26?,27-/m1/s1. The van der Waals surface area contributed by atoms with Crippen LogP contribution in [0.15, 0.2) is 33.5 Å². The van der Waals surface area contributed by atoms with Crippen molar-refractivity contribution in [2.75, 3.05) is 77.4 Å². The highest BCUT2D eigenvalue weighted by atomic mass is 32.2. The van der Waals surface area contributed by atoms with Crippen molar-refractivity contribution < 1.29 is 27.2 Å². The number of fused-ring (bicyclic) bond motifs is 5. The highest BCUT2D eigenvalue weighted by molar-refractivity contribution is 7.87. The number of amides is 2. The van der Waals surface area contributed by atoms with Crippen LogP contribution in [0.3, 0.4) is 0 Å². The number of aryl methyl sites for hydroxylation is 2. The van der Waals surface area contributed by atoms with Crippen molar-refractivity contribution in [2.45, 2.75) is 58.2 Å². The predicted octanol–water partition coefficient (Wildman–Crippen LogP) is 2.90. The molecule has 1 saturated carbocycles. The number of nitrogens with zero attached hydrogens (tertiary/aromatic N) is 5. The third kappa shape index (κ3) is 6.40. The van der Waals surface area contributed by atoms with Crippen LogP contribution in [0, 0.1) is 19.8 Å². The average molecular weight is 721 g/mol. The van der Waals surface area contributed by atoms with E-state index in [1.165, 1.54) is 20.2 Å². The third-order valence-electron chi connectivity index (χ3n) is 11.5. The van der Waals surface area contributed by atoms with Crippen molar-refractivity contribution in [1.82, 2.24) is 18.8 Å². The summed E-state index contributed by atoms with van der Waals surface area (Å²) in [7, 11) is 2.53. The average Bonchev–Trinajstić information content (AvgIpc) is 3.74. The minimum atomic E-state index is -4.02. The second-order valence-electron chi connectivity index (χ2n) is 14.8. The van der Waals surface area contributed by atoms with E-state index in [0.29, 0.717) is 47.9 Å². The van der Waals surface area contributed by atoms with Crippen molar-refractivity contribution in [3.05, 3.63) is 68.1 Å². The summed E-state index contributed by atoms with van der Waals surface area (Å²) in [6.07, 6.45) is 3.60. The Morgan fingerprint density at radius 3 is 2.51 bits per heavy atom. The van der Waals surface area contributed by atoms with Gasteiger partial charge in [-0.05, 0) is 87.9 Å². The molecule has 3 aliphatic heterocycles. The molecular weight excluding hydrogens is 673 g/mol. The number of hydrogen-bond acceptors (Lipinski definition) is 10. The van der Waals surface area contributed by atoms with Crippen LogP contribution in [0.5, 0.6) is 0 Å². The Bertz CT molecular complexity index is 2060. The van der Waals surface area contributed by atoms with Gasteiger partial charge in [0, 0.05) is 82.2 Å². The number of carbonyl (C=O) groups is 2. The van der Waals surface area contributed by atoms with Gasteiger partial charge in [-0.25, -0.2) is 9.52 Å². The van der Waals surface area contributed by atoms with E-state index in [4.69, 9.17) is 9.15 Å². The molecule has 3 fully saturated rings. The number of methoxy groups -OCH3 is 1. The minimum absolute atomic E-state index is 0.108. The minimum Gasteiger partial charge on any atom is -0.422 e. The first kappa shape index (κ1) is 35.4. The largest absolute Gasteiger partial charge is 0.422 e. The van der Waals surface area contributed by atoms with Crippen LogP contribution >= 0.6 is 0 Å². The van der Waals surface area contributed by atoms with Gasteiger partial charge in [0.2, 0.25) is 0 Å². The molecule has 2 unspecified atom stereocenters. The lowest BCUT2D eigenvalue weighted by Crippen LogP contribution is -2.53. The lowest BCUT2D eigenvalue weighted by atomic mass is 9.92. The summed E-state index contributed by atoms with van der Waals surface area (Å²) in [5.41, 5.74) is 5.73. The molecule has 4 heterocycles. The fourth-order valence-electron chi connectivity index (χ4n) is 8.55. The molecule has 7 rings (SSSR count). The fraction of sp³-hybridized carbons (Fsp3) is 0.541. The molecule has 2 amide bonds. The maximum Gasteiger partial charge on any atom is 0.341 e. The smallest absolute Gasteiger partial charge is 0.341 e. The fourth-order valence-corrected chi connectivity index (χ4v) is 9.08. The summed E-state index contributed by atoms with van der Waals surface area (Å²) >= 11 is 0. The third-order valence-corrected chi connectivity index (χ3v) is 12.9. The molecule has 1 aliphatic carbocycles. The molecule has 4 aliphatic rings. The zero-order chi connectivity index (χ0) is 36.4. The summed E-state index contributed by atoms with van der Waals surface area (Å²) in [6, 6.07) is 7.50. The molecule has 13 nitrogen and oxygen atoms in total. The number of hydrogen-bond donors (Lipinski definition) is 1. The summed E-state index contributed by atoms with van der Waals surface area (Å²) in [6.45, 7) is 8.54. The molecule has 51 heavy (non-hydrogen) atoms. The van der Waals surface area contributed by atoms with Gasteiger partial charge >= 0.3 is 15.8 Å². The first-order valence-electron chi connectivity index (χ1n) is 17.7. The first-order valence-corrected chi connectivity index (χ1v) is 19.2. The number of benzene rings is 2. The predicted molar refractivity (Wildman–Crippen MR) is 196 cm³/mol. The molecule has 1 aromatic heterocycles. The van der Waals surface area contributed by atoms with E-state index in [2.05, 4.69) is 39.5 Å². The Kier molecular flexibility index (Phi) is 9.40. The van der Waals surface area contributed by atoms with Crippen LogP contribution < -0.4 is 20.1 Å². The van der Waals surface area contributed by atoms with Crippen LogP contribution in [-0.4, -0.2) is 114 Å². The number of nitrogens with one attached hydrogen (secondary N) is 1. The SMILES string of the molecule is COC[C@H]1CN(c2cc(C)c3c4c(c(=O)oc3c2C)CN(C(=O)c2ccc(C(=O)NS(=O)(=O)N(C)C)c(N3CC5CCC3C5)c2)CC4)CCN1C. The number of carbonyl (C=O) groups excluding carboxylic acids is 2. The second kappa shape index (κ2) is 13.5. The van der Waals surface area contributed by atoms with Crippen molar-refractivity contribution in [2.24, 2.45) is 5.92 Å². The molecule has 2 aromatic carbocycles. The molecule has 1 N–H and O–H groups in total. The number of piperazine rings is 1. The topological polar surface area (TPSA) is 136 Å². The van der Waals surface area contributed by atoms with Crippen LogP contribution in [0.4, 0.5) is 11.4 Å². The van der Waals surface area contributed by atoms with Crippen LogP contribution in [0.1, 0.15) is 62.2 Å².